The van der Waals surface area contributed by atoms with Gasteiger partial charge in [0.15, 0.2) is 0 Å². The number of sulfonamides is 1. The summed E-state index contributed by atoms with van der Waals surface area (Å²) in [6, 6.07) is 2.77. The van der Waals surface area contributed by atoms with Crippen LogP contribution in [0.2, 0.25) is 5.02 Å². The van der Waals surface area contributed by atoms with Crippen LogP contribution in [0.1, 0.15) is 6.42 Å². The van der Waals surface area contributed by atoms with Gasteiger partial charge in [0.2, 0.25) is 10.0 Å². The molecule has 0 amide bonds. The summed E-state index contributed by atoms with van der Waals surface area (Å²) in [4.78, 5) is -0.0135. The number of halogens is 2. The van der Waals surface area contributed by atoms with Gasteiger partial charge in [-0.15, -0.1) is 0 Å². The van der Waals surface area contributed by atoms with E-state index in [0.717, 1.165) is 0 Å². The number of nitrogens with two attached hydrogens (primary N) is 1. The Kier molecular flexibility index (Phi) is 5.21. The SMILES string of the molecule is Nc1cc(Cl)cc(S(=O)(=O)NCCCO)c1Br. The Balaban J connectivity index is 3.06. The maximum Gasteiger partial charge on any atom is 0.241 e. The van der Waals surface area contributed by atoms with Crippen molar-refractivity contribution >= 4 is 43.2 Å². The fourth-order valence-corrected chi connectivity index (χ4v) is 3.51. The molecule has 0 atom stereocenters. The zero-order chi connectivity index (χ0) is 13.1. The van der Waals surface area contributed by atoms with Crippen molar-refractivity contribution in [3.63, 3.8) is 0 Å². The number of anilines is 1. The second-order valence-corrected chi connectivity index (χ2v) is 6.25. The molecule has 0 aliphatic carbocycles. The first kappa shape index (κ1) is 14.7. The molecule has 0 saturated carbocycles. The number of nitrogen functional groups attached to an aromatic ring is 1. The van der Waals surface area contributed by atoms with Crippen LogP contribution >= 0.6 is 27.5 Å². The van der Waals surface area contributed by atoms with E-state index < -0.39 is 10.0 Å². The Morgan fingerprint density at radius 1 is 1.47 bits per heavy atom. The van der Waals surface area contributed by atoms with Crippen molar-refractivity contribution in [2.24, 2.45) is 0 Å². The Bertz CT molecular complexity index is 507. The summed E-state index contributed by atoms with van der Waals surface area (Å²) in [5, 5.41) is 8.84. The summed E-state index contributed by atoms with van der Waals surface area (Å²) in [7, 11) is -3.68. The van der Waals surface area contributed by atoms with Crippen molar-refractivity contribution in [3.05, 3.63) is 21.6 Å². The van der Waals surface area contributed by atoms with Crippen LogP contribution < -0.4 is 10.5 Å². The van der Waals surface area contributed by atoms with Gasteiger partial charge in [0.25, 0.3) is 0 Å². The molecule has 0 bridgehead atoms. The lowest BCUT2D eigenvalue weighted by molar-refractivity contribution is 0.289. The molecule has 0 aromatic heterocycles. The largest absolute Gasteiger partial charge is 0.398 e. The molecule has 5 nitrogen and oxygen atoms in total. The van der Waals surface area contributed by atoms with E-state index in [-0.39, 0.29) is 33.2 Å². The van der Waals surface area contributed by atoms with Gasteiger partial charge in [0.1, 0.15) is 0 Å². The minimum absolute atomic E-state index is 0.0135. The molecule has 4 N–H and O–H groups in total. The number of aliphatic hydroxyl groups is 1. The van der Waals surface area contributed by atoms with Crippen LogP contribution in [0.3, 0.4) is 0 Å². The second-order valence-electron chi connectivity index (χ2n) is 3.28. The summed E-state index contributed by atoms with van der Waals surface area (Å²) >= 11 is 8.86. The summed E-state index contributed by atoms with van der Waals surface area (Å²) in [5.41, 5.74) is 5.86. The Hall–Kier alpha value is -0.340. The van der Waals surface area contributed by atoms with Crippen LogP contribution in [0.15, 0.2) is 21.5 Å². The minimum atomic E-state index is -3.68. The van der Waals surface area contributed by atoms with Crippen LogP contribution in [-0.2, 0) is 10.0 Å². The lowest BCUT2D eigenvalue weighted by Crippen LogP contribution is -2.25. The van der Waals surface area contributed by atoms with Gasteiger partial charge in [-0.1, -0.05) is 11.6 Å². The third kappa shape index (κ3) is 3.82. The zero-order valence-electron chi connectivity index (χ0n) is 8.78. The highest BCUT2D eigenvalue weighted by Gasteiger charge is 2.19. The van der Waals surface area contributed by atoms with E-state index in [0.29, 0.717) is 6.42 Å². The average molecular weight is 344 g/mol. The first-order valence-electron chi connectivity index (χ1n) is 4.73. The van der Waals surface area contributed by atoms with E-state index in [2.05, 4.69) is 20.7 Å². The van der Waals surface area contributed by atoms with Crippen molar-refractivity contribution in [3.8, 4) is 0 Å². The van der Waals surface area contributed by atoms with Gasteiger partial charge in [-0.05, 0) is 34.5 Å². The van der Waals surface area contributed by atoms with Gasteiger partial charge in [0, 0.05) is 23.9 Å². The molecule has 1 rings (SSSR count). The van der Waals surface area contributed by atoms with Gasteiger partial charge < -0.3 is 10.8 Å². The molecule has 17 heavy (non-hydrogen) atoms. The van der Waals surface area contributed by atoms with Crippen LogP contribution in [0, 0.1) is 0 Å². The van der Waals surface area contributed by atoms with Crippen LogP contribution in [-0.4, -0.2) is 26.7 Å². The molecule has 0 spiro atoms. The second kappa shape index (κ2) is 6.01. The number of hydrogen-bond donors (Lipinski definition) is 3. The smallest absolute Gasteiger partial charge is 0.241 e. The fourth-order valence-electron chi connectivity index (χ4n) is 1.14. The van der Waals surface area contributed by atoms with Crippen LogP contribution in [0.5, 0.6) is 0 Å². The molecule has 0 fully saturated rings. The molecule has 0 aliphatic heterocycles. The number of rotatable bonds is 5. The number of benzene rings is 1. The molecule has 0 unspecified atom stereocenters. The molecular formula is C9H12BrClN2O3S. The Morgan fingerprint density at radius 3 is 2.71 bits per heavy atom. The summed E-state index contributed by atoms with van der Waals surface area (Å²) < 4.78 is 26.4. The number of hydrogen-bond acceptors (Lipinski definition) is 4. The highest BCUT2D eigenvalue weighted by Crippen LogP contribution is 2.31. The van der Waals surface area contributed by atoms with Gasteiger partial charge in [-0.2, -0.15) is 0 Å². The molecule has 8 heteroatoms. The average Bonchev–Trinajstić information content (AvgIpc) is 2.23. The quantitative estimate of drug-likeness (QED) is 0.556. The van der Waals surface area contributed by atoms with Gasteiger partial charge >= 0.3 is 0 Å². The summed E-state index contributed by atoms with van der Waals surface area (Å²) in [5.74, 6) is 0. The maximum atomic E-state index is 11.9. The van der Waals surface area contributed by atoms with Crippen molar-refractivity contribution < 1.29 is 13.5 Å². The molecular weight excluding hydrogens is 332 g/mol. The third-order valence-electron chi connectivity index (χ3n) is 1.95. The minimum Gasteiger partial charge on any atom is -0.398 e. The first-order valence-corrected chi connectivity index (χ1v) is 7.39. The molecule has 0 radical (unpaired) electrons. The molecule has 96 valence electrons. The van der Waals surface area contributed by atoms with Crippen molar-refractivity contribution in [2.45, 2.75) is 11.3 Å². The zero-order valence-corrected chi connectivity index (χ0v) is 11.9. The summed E-state index contributed by atoms with van der Waals surface area (Å²) in [6.45, 7) is 0.0685. The van der Waals surface area contributed by atoms with E-state index in [1.807, 2.05) is 0 Å². The molecule has 0 aliphatic rings. The highest BCUT2D eigenvalue weighted by atomic mass is 79.9. The lowest BCUT2D eigenvalue weighted by atomic mass is 10.3. The summed E-state index contributed by atoms with van der Waals surface area (Å²) in [6.07, 6.45) is 0.340. The maximum absolute atomic E-state index is 11.9. The normalized spacial score (nSPS) is 11.7. The Labute approximate surface area is 113 Å². The van der Waals surface area contributed by atoms with Crippen molar-refractivity contribution in [1.29, 1.82) is 0 Å². The van der Waals surface area contributed by atoms with Crippen LogP contribution in [0.25, 0.3) is 0 Å². The van der Waals surface area contributed by atoms with Gasteiger partial charge in [0.05, 0.1) is 9.37 Å². The molecule has 1 aromatic carbocycles. The highest BCUT2D eigenvalue weighted by molar-refractivity contribution is 9.10. The van der Waals surface area contributed by atoms with E-state index in [9.17, 15) is 8.42 Å². The standard InChI is InChI=1S/C9H12BrClN2O3S/c10-9-7(12)4-6(11)5-8(9)17(15,16)13-2-1-3-14/h4-5,13-14H,1-3,12H2. The topological polar surface area (TPSA) is 92.4 Å². The van der Waals surface area contributed by atoms with Crippen LogP contribution in [0.4, 0.5) is 5.69 Å². The van der Waals surface area contributed by atoms with E-state index in [4.69, 9.17) is 22.4 Å². The van der Waals surface area contributed by atoms with E-state index >= 15 is 0 Å². The molecule has 0 heterocycles. The third-order valence-corrected chi connectivity index (χ3v) is 4.80. The Morgan fingerprint density at radius 2 is 2.12 bits per heavy atom. The molecule has 0 saturated heterocycles. The van der Waals surface area contributed by atoms with Crippen molar-refractivity contribution in [1.82, 2.24) is 4.72 Å². The lowest BCUT2D eigenvalue weighted by Gasteiger charge is -2.10. The fraction of sp³-hybridized carbons (Fsp3) is 0.333. The van der Waals surface area contributed by atoms with Gasteiger partial charge in [-0.3, -0.25) is 0 Å². The van der Waals surface area contributed by atoms with E-state index in [1.165, 1.54) is 12.1 Å². The number of nitrogens with one attached hydrogen (secondary N) is 1. The van der Waals surface area contributed by atoms with E-state index in [1.54, 1.807) is 0 Å². The van der Waals surface area contributed by atoms with Gasteiger partial charge in [-0.25, -0.2) is 13.1 Å². The predicted octanol–water partition coefficient (Wildman–Crippen LogP) is 1.35. The first-order chi connectivity index (χ1) is 7.88. The van der Waals surface area contributed by atoms with Crippen molar-refractivity contribution in [2.75, 3.05) is 18.9 Å². The number of aliphatic hydroxyl groups excluding tert-OH is 1. The molecule has 1 aromatic rings. The predicted molar refractivity (Wildman–Crippen MR) is 70.5 cm³/mol. The monoisotopic (exact) mass is 342 g/mol.